The maximum atomic E-state index is 13.4. The van der Waals surface area contributed by atoms with Gasteiger partial charge in [0.05, 0.1) is 0 Å². The molecule has 0 bridgehead atoms. The third-order valence-corrected chi connectivity index (χ3v) is 4.50. The molecule has 1 aromatic carbocycles. The lowest BCUT2D eigenvalue weighted by atomic mass is 9.89. The Kier molecular flexibility index (Phi) is 7.62. The predicted molar refractivity (Wildman–Crippen MR) is 84.0 cm³/mol. The number of hydrogen-bond donors (Lipinski definition) is 1. The highest BCUT2D eigenvalue weighted by molar-refractivity contribution is 9.10. The van der Waals surface area contributed by atoms with Gasteiger partial charge in [-0.1, -0.05) is 49.5 Å². The minimum Gasteiger partial charge on any atom is -0.313 e. The summed E-state index contributed by atoms with van der Waals surface area (Å²) in [6.45, 7) is 7.66. The molecular formula is C16H25BrFN. The number of halogens is 2. The van der Waals surface area contributed by atoms with E-state index in [1.54, 1.807) is 12.1 Å². The summed E-state index contributed by atoms with van der Waals surface area (Å²) >= 11 is 3.53. The molecule has 1 nitrogen and oxygen atoms in total. The van der Waals surface area contributed by atoms with E-state index < -0.39 is 0 Å². The smallest absolute Gasteiger partial charge is 0.123 e. The van der Waals surface area contributed by atoms with E-state index in [0.29, 0.717) is 12.0 Å². The van der Waals surface area contributed by atoms with Crippen LogP contribution in [0.4, 0.5) is 4.39 Å². The summed E-state index contributed by atoms with van der Waals surface area (Å²) in [7, 11) is 0. The second-order valence-corrected chi connectivity index (χ2v) is 5.93. The molecule has 0 spiro atoms. The van der Waals surface area contributed by atoms with Crippen molar-refractivity contribution < 1.29 is 4.39 Å². The van der Waals surface area contributed by atoms with Crippen LogP contribution in [0.25, 0.3) is 0 Å². The molecular weight excluding hydrogens is 305 g/mol. The molecule has 0 amide bonds. The standard InChI is InChI=1S/C16H25BrFN/c1-4-9-19-16(12(5-2)6-3)11-13-10-14(18)7-8-15(13)17/h7-8,10,12,16,19H,4-6,9,11H2,1-3H3. The first-order valence-electron chi connectivity index (χ1n) is 7.29. The quantitative estimate of drug-likeness (QED) is 0.712. The van der Waals surface area contributed by atoms with E-state index in [9.17, 15) is 4.39 Å². The van der Waals surface area contributed by atoms with Gasteiger partial charge in [-0.2, -0.15) is 0 Å². The minimum absolute atomic E-state index is 0.156. The van der Waals surface area contributed by atoms with Gasteiger partial charge in [0.2, 0.25) is 0 Å². The number of hydrogen-bond acceptors (Lipinski definition) is 1. The fraction of sp³-hybridized carbons (Fsp3) is 0.625. The molecule has 1 N–H and O–H groups in total. The van der Waals surface area contributed by atoms with Gasteiger partial charge in [-0.25, -0.2) is 4.39 Å². The van der Waals surface area contributed by atoms with Crippen LogP contribution >= 0.6 is 15.9 Å². The summed E-state index contributed by atoms with van der Waals surface area (Å²) in [4.78, 5) is 0. The van der Waals surface area contributed by atoms with Crippen LogP contribution in [0.15, 0.2) is 22.7 Å². The molecule has 1 aromatic rings. The van der Waals surface area contributed by atoms with Gasteiger partial charge in [0.15, 0.2) is 0 Å². The van der Waals surface area contributed by atoms with E-state index in [1.165, 1.54) is 6.07 Å². The van der Waals surface area contributed by atoms with Crippen LogP contribution in [0.2, 0.25) is 0 Å². The van der Waals surface area contributed by atoms with Crippen LogP contribution in [-0.2, 0) is 6.42 Å². The zero-order valence-electron chi connectivity index (χ0n) is 12.2. The molecule has 108 valence electrons. The van der Waals surface area contributed by atoms with E-state index in [-0.39, 0.29) is 5.82 Å². The molecule has 0 radical (unpaired) electrons. The van der Waals surface area contributed by atoms with Crippen molar-refractivity contribution in [2.45, 2.75) is 52.5 Å². The summed E-state index contributed by atoms with van der Waals surface area (Å²) in [5, 5.41) is 3.62. The lowest BCUT2D eigenvalue weighted by Crippen LogP contribution is -2.38. The molecule has 1 atom stereocenters. The van der Waals surface area contributed by atoms with Crippen molar-refractivity contribution in [3.05, 3.63) is 34.1 Å². The summed E-state index contributed by atoms with van der Waals surface area (Å²) < 4.78 is 14.4. The van der Waals surface area contributed by atoms with E-state index in [4.69, 9.17) is 0 Å². The number of nitrogens with one attached hydrogen (secondary N) is 1. The lowest BCUT2D eigenvalue weighted by molar-refractivity contribution is 0.331. The van der Waals surface area contributed by atoms with Crippen LogP contribution in [-0.4, -0.2) is 12.6 Å². The monoisotopic (exact) mass is 329 g/mol. The van der Waals surface area contributed by atoms with E-state index in [2.05, 4.69) is 42.0 Å². The average Bonchev–Trinajstić information content (AvgIpc) is 2.41. The Morgan fingerprint density at radius 1 is 1.21 bits per heavy atom. The molecule has 0 aliphatic rings. The van der Waals surface area contributed by atoms with Crippen molar-refractivity contribution in [2.75, 3.05) is 6.54 Å². The van der Waals surface area contributed by atoms with Gasteiger partial charge in [0.1, 0.15) is 5.82 Å². The van der Waals surface area contributed by atoms with Gasteiger partial charge < -0.3 is 5.32 Å². The Bertz CT molecular complexity index is 377. The molecule has 0 fully saturated rings. The first-order chi connectivity index (χ1) is 9.12. The molecule has 0 saturated heterocycles. The Balaban J connectivity index is 2.83. The molecule has 0 aliphatic heterocycles. The first kappa shape index (κ1) is 16.6. The summed E-state index contributed by atoms with van der Waals surface area (Å²) in [5.41, 5.74) is 1.06. The maximum absolute atomic E-state index is 13.4. The average molecular weight is 330 g/mol. The van der Waals surface area contributed by atoms with E-state index >= 15 is 0 Å². The molecule has 0 heterocycles. The normalized spacial score (nSPS) is 12.9. The van der Waals surface area contributed by atoms with Crippen LogP contribution < -0.4 is 5.32 Å². The maximum Gasteiger partial charge on any atom is 0.123 e. The van der Waals surface area contributed by atoms with Gasteiger partial charge in [0, 0.05) is 10.5 Å². The SMILES string of the molecule is CCCNC(Cc1cc(F)ccc1Br)C(CC)CC. The topological polar surface area (TPSA) is 12.0 Å². The second kappa shape index (κ2) is 8.70. The van der Waals surface area contributed by atoms with Crippen molar-refractivity contribution in [3.8, 4) is 0 Å². The van der Waals surface area contributed by atoms with Crippen LogP contribution in [0.3, 0.4) is 0 Å². The number of benzene rings is 1. The molecule has 3 heteroatoms. The second-order valence-electron chi connectivity index (χ2n) is 5.08. The predicted octanol–water partition coefficient (Wildman–Crippen LogP) is 4.94. The van der Waals surface area contributed by atoms with Gasteiger partial charge in [-0.15, -0.1) is 0 Å². The highest BCUT2D eigenvalue weighted by Gasteiger charge is 2.19. The molecule has 19 heavy (non-hydrogen) atoms. The summed E-state index contributed by atoms with van der Waals surface area (Å²) in [6.07, 6.45) is 4.32. The highest BCUT2D eigenvalue weighted by atomic mass is 79.9. The van der Waals surface area contributed by atoms with Crippen molar-refractivity contribution in [2.24, 2.45) is 5.92 Å². The first-order valence-corrected chi connectivity index (χ1v) is 8.08. The van der Waals surface area contributed by atoms with Gasteiger partial charge >= 0.3 is 0 Å². The van der Waals surface area contributed by atoms with Crippen molar-refractivity contribution in [3.63, 3.8) is 0 Å². The number of rotatable bonds is 8. The summed E-state index contributed by atoms with van der Waals surface area (Å²) in [6, 6.07) is 5.37. The van der Waals surface area contributed by atoms with E-state index in [1.807, 2.05) is 0 Å². The van der Waals surface area contributed by atoms with Crippen LogP contribution in [0, 0.1) is 11.7 Å². The largest absolute Gasteiger partial charge is 0.313 e. The van der Waals surface area contributed by atoms with E-state index in [0.717, 1.165) is 42.3 Å². The molecule has 0 aliphatic carbocycles. The Labute approximate surface area is 125 Å². The molecule has 0 aromatic heterocycles. The Morgan fingerprint density at radius 2 is 1.89 bits per heavy atom. The third-order valence-electron chi connectivity index (χ3n) is 3.72. The fourth-order valence-electron chi connectivity index (χ4n) is 2.53. The van der Waals surface area contributed by atoms with Crippen LogP contribution in [0.5, 0.6) is 0 Å². The highest BCUT2D eigenvalue weighted by Crippen LogP contribution is 2.23. The zero-order chi connectivity index (χ0) is 14.3. The zero-order valence-corrected chi connectivity index (χ0v) is 13.8. The van der Waals surface area contributed by atoms with Gasteiger partial charge in [0.25, 0.3) is 0 Å². The van der Waals surface area contributed by atoms with Crippen molar-refractivity contribution in [1.82, 2.24) is 5.32 Å². The summed E-state index contributed by atoms with van der Waals surface area (Å²) in [5.74, 6) is 0.485. The third kappa shape index (κ3) is 5.23. The van der Waals surface area contributed by atoms with Crippen molar-refractivity contribution >= 4 is 15.9 Å². The molecule has 0 saturated carbocycles. The van der Waals surface area contributed by atoms with Crippen LogP contribution in [0.1, 0.15) is 45.6 Å². The Hall–Kier alpha value is -0.410. The lowest BCUT2D eigenvalue weighted by Gasteiger charge is -2.27. The minimum atomic E-state index is -0.156. The van der Waals surface area contributed by atoms with Gasteiger partial charge in [-0.05, 0) is 49.1 Å². The molecule has 1 unspecified atom stereocenters. The Morgan fingerprint density at radius 3 is 2.47 bits per heavy atom. The van der Waals surface area contributed by atoms with Crippen molar-refractivity contribution in [1.29, 1.82) is 0 Å². The molecule has 1 rings (SSSR count). The van der Waals surface area contributed by atoms with Gasteiger partial charge in [-0.3, -0.25) is 0 Å². The fourth-order valence-corrected chi connectivity index (χ4v) is 2.94.